The first kappa shape index (κ1) is 12.5. The molecule has 0 unspecified atom stereocenters. The number of nitrogens with zero attached hydrogens (tertiary/aromatic N) is 2. The van der Waals surface area contributed by atoms with E-state index in [-0.39, 0.29) is 5.91 Å². The van der Waals surface area contributed by atoms with Crippen LogP contribution < -0.4 is 10.6 Å². The lowest BCUT2D eigenvalue weighted by Gasteiger charge is -2.18. The molecular formula is C12H12N4OS. The van der Waals surface area contributed by atoms with Crippen LogP contribution in [-0.4, -0.2) is 17.3 Å². The van der Waals surface area contributed by atoms with Gasteiger partial charge in [-0.15, -0.1) is 0 Å². The maximum Gasteiger partial charge on any atom is 0.224 e. The number of carbonyl (C=O) groups is 1. The number of benzene rings is 1. The Bertz CT molecular complexity index is 547. The quantitative estimate of drug-likeness (QED) is 0.345. The fraction of sp³-hybridized carbons (Fsp3) is 0.250. The highest BCUT2D eigenvalue weighted by Gasteiger charge is 2.17. The van der Waals surface area contributed by atoms with Crippen LogP contribution in [0.3, 0.4) is 0 Å². The number of amidine groups is 1. The molecule has 1 amide bonds. The minimum Gasteiger partial charge on any atom is -0.352 e. The molecule has 0 saturated heterocycles. The molecule has 0 aliphatic carbocycles. The van der Waals surface area contributed by atoms with Crippen molar-refractivity contribution in [2.75, 3.05) is 6.26 Å². The van der Waals surface area contributed by atoms with Crippen molar-refractivity contribution in [2.24, 2.45) is 4.99 Å². The van der Waals surface area contributed by atoms with E-state index in [9.17, 15) is 4.79 Å². The van der Waals surface area contributed by atoms with E-state index < -0.39 is 0 Å². The van der Waals surface area contributed by atoms with Crippen LogP contribution in [0.5, 0.6) is 0 Å². The molecule has 0 saturated carbocycles. The number of fused-ring (bicyclic) bond motifs is 1. The highest BCUT2D eigenvalue weighted by molar-refractivity contribution is 8.13. The molecule has 5 nitrogen and oxygen atoms in total. The second-order valence-corrected chi connectivity index (χ2v) is 4.52. The second kappa shape index (κ2) is 5.56. The Hall–Kier alpha value is -2.00. The van der Waals surface area contributed by atoms with Crippen molar-refractivity contribution in [3.63, 3.8) is 0 Å². The molecule has 0 radical (unpaired) electrons. The monoisotopic (exact) mass is 260 g/mol. The van der Waals surface area contributed by atoms with Gasteiger partial charge in [-0.2, -0.15) is 5.26 Å². The van der Waals surface area contributed by atoms with Crippen molar-refractivity contribution >= 4 is 28.5 Å². The summed E-state index contributed by atoms with van der Waals surface area (Å²) in [6.07, 6.45) is 4.02. The molecule has 2 rings (SSSR count). The molecule has 92 valence electrons. The normalized spacial score (nSPS) is 14.4. The summed E-state index contributed by atoms with van der Waals surface area (Å²) < 4.78 is 0. The number of hydrogen-bond donors (Lipinski definition) is 2. The highest BCUT2D eigenvalue weighted by Crippen LogP contribution is 2.26. The third-order valence-electron chi connectivity index (χ3n) is 2.64. The van der Waals surface area contributed by atoms with Crippen LogP contribution in [0, 0.1) is 11.5 Å². The molecule has 1 aromatic rings. The summed E-state index contributed by atoms with van der Waals surface area (Å²) in [7, 11) is 0. The van der Waals surface area contributed by atoms with Crippen molar-refractivity contribution in [3.8, 4) is 6.19 Å². The number of hydrogen-bond acceptors (Lipinski definition) is 4. The molecular weight excluding hydrogens is 248 g/mol. The molecule has 1 aliphatic heterocycles. The first-order valence-corrected chi connectivity index (χ1v) is 6.62. The predicted octanol–water partition coefficient (Wildman–Crippen LogP) is 1.28. The van der Waals surface area contributed by atoms with Crippen LogP contribution >= 0.6 is 11.8 Å². The van der Waals surface area contributed by atoms with E-state index in [2.05, 4.69) is 15.6 Å². The summed E-state index contributed by atoms with van der Waals surface area (Å²) in [6, 6.07) is 5.73. The summed E-state index contributed by atoms with van der Waals surface area (Å²) in [5.41, 5.74) is 2.76. The van der Waals surface area contributed by atoms with Gasteiger partial charge in [-0.05, 0) is 23.4 Å². The molecule has 1 heterocycles. The van der Waals surface area contributed by atoms with Crippen molar-refractivity contribution in [1.82, 2.24) is 10.6 Å². The van der Waals surface area contributed by atoms with Gasteiger partial charge in [-0.3, -0.25) is 10.1 Å². The molecule has 0 atom stereocenters. The van der Waals surface area contributed by atoms with Crippen LogP contribution in [0.4, 0.5) is 5.69 Å². The van der Waals surface area contributed by atoms with Crippen molar-refractivity contribution < 1.29 is 4.79 Å². The maximum absolute atomic E-state index is 11.4. The van der Waals surface area contributed by atoms with Gasteiger partial charge in [-0.25, -0.2) is 4.99 Å². The average Bonchev–Trinajstić information content (AvgIpc) is 2.38. The van der Waals surface area contributed by atoms with E-state index in [1.807, 2.05) is 30.6 Å². The topological polar surface area (TPSA) is 77.3 Å². The Labute approximate surface area is 109 Å². The zero-order valence-electron chi connectivity index (χ0n) is 9.86. The lowest BCUT2D eigenvalue weighted by Crippen LogP contribution is -2.30. The fourth-order valence-corrected chi connectivity index (χ4v) is 2.13. The molecule has 0 aromatic heterocycles. The van der Waals surface area contributed by atoms with E-state index in [4.69, 9.17) is 5.26 Å². The van der Waals surface area contributed by atoms with Gasteiger partial charge in [0.1, 0.15) is 0 Å². The molecule has 0 spiro atoms. The standard InChI is InChI=1S/C12H12N4OS/c1-18-12(15-7-13)16-10-4-2-3-8-6-14-11(17)5-9(8)10/h2-4H,5-6H2,1H3,(H,14,17)(H,15,16). The maximum atomic E-state index is 11.4. The molecule has 0 fully saturated rings. The Balaban J connectivity index is 2.40. The Morgan fingerprint density at radius 3 is 3.17 bits per heavy atom. The van der Waals surface area contributed by atoms with Gasteiger partial charge in [-0.1, -0.05) is 23.9 Å². The Kier molecular flexibility index (Phi) is 3.85. The predicted molar refractivity (Wildman–Crippen MR) is 71.4 cm³/mol. The summed E-state index contributed by atoms with van der Waals surface area (Å²) >= 11 is 1.36. The fourth-order valence-electron chi connectivity index (χ4n) is 1.79. The Morgan fingerprint density at radius 2 is 2.44 bits per heavy atom. The highest BCUT2D eigenvalue weighted by atomic mass is 32.2. The molecule has 0 bridgehead atoms. The Morgan fingerprint density at radius 1 is 1.61 bits per heavy atom. The van der Waals surface area contributed by atoms with Gasteiger partial charge >= 0.3 is 0 Å². The van der Waals surface area contributed by atoms with Gasteiger partial charge in [0.25, 0.3) is 0 Å². The van der Waals surface area contributed by atoms with E-state index >= 15 is 0 Å². The number of rotatable bonds is 1. The largest absolute Gasteiger partial charge is 0.352 e. The van der Waals surface area contributed by atoms with Gasteiger partial charge < -0.3 is 5.32 Å². The van der Waals surface area contributed by atoms with Crippen molar-refractivity contribution in [3.05, 3.63) is 29.3 Å². The summed E-state index contributed by atoms with van der Waals surface area (Å²) in [5.74, 6) is 0.00379. The van der Waals surface area contributed by atoms with E-state index in [0.29, 0.717) is 18.1 Å². The summed E-state index contributed by atoms with van der Waals surface area (Å²) in [6.45, 7) is 0.539. The number of amides is 1. The van der Waals surface area contributed by atoms with Crippen LogP contribution in [0.1, 0.15) is 11.1 Å². The van der Waals surface area contributed by atoms with Gasteiger partial charge in [0.2, 0.25) is 5.91 Å². The lowest BCUT2D eigenvalue weighted by molar-refractivity contribution is -0.121. The van der Waals surface area contributed by atoms with Gasteiger partial charge in [0, 0.05) is 6.54 Å². The minimum absolute atomic E-state index is 0.00379. The molecule has 18 heavy (non-hydrogen) atoms. The zero-order chi connectivity index (χ0) is 13.0. The third kappa shape index (κ3) is 2.63. The second-order valence-electron chi connectivity index (χ2n) is 3.73. The zero-order valence-corrected chi connectivity index (χ0v) is 10.7. The molecule has 2 N–H and O–H groups in total. The molecule has 6 heteroatoms. The van der Waals surface area contributed by atoms with E-state index in [1.54, 1.807) is 0 Å². The van der Waals surface area contributed by atoms with Crippen LogP contribution in [-0.2, 0) is 17.8 Å². The molecule has 1 aliphatic rings. The number of carbonyl (C=O) groups excluding carboxylic acids is 1. The first-order chi connectivity index (χ1) is 8.74. The van der Waals surface area contributed by atoms with E-state index in [0.717, 1.165) is 16.8 Å². The smallest absolute Gasteiger partial charge is 0.224 e. The summed E-state index contributed by atoms with van der Waals surface area (Å²) in [5, 5.41) is 14.4. The van der Waals surface area contributed by atoms with Crippen LogP contribution in [0.25, 0.3) is 0 Å². The third-order valence-corrected chi connectivity index (χ3v) is 3.22. The SMILES string of the molecule is CSC(=Nc1cccc2c1CC(=O)NC2)NC#N. The van der Waals surface area contributed by atoms with E-state index in [1.165, 1.54) is 11.8 Å². The summed E-state index contributed by atoms with van der Waals surface area (Å²) in [4.78, 5) is 15.8. The number of nitriles is 1. The van der Waals surface area contributed by atoms with Crippen LogP contribution in [0.2, 0.25) is 0 Å². The van der Waals surface area contributed by atoms with Gasteiger partial charge in [0.15, 0.2) is 11.4 Å². The van der Waals surface area contributed by atoms with Gasteiger partial charge in [0.05, 0.1) is 12.1 Å². The van der Waals surface area contributed by atoms with Crippen molar-refractivity contribution in [2.45, 2.75) is 13.0 Å². The molecule has 1 aromatic carbocycles. The number of aliphatic imine (C=N–C) groups is 1. The average molecular weight is 260 g/mol. The van der Waals surface area contributed by atoms with Crippen molar-refractivity contribution in [1.29, 1.82) is 5.26 Å². The van der Waals surface area contributed by atoms with Crippen LogP contribution in [0.15, 0.2) is 23.2 Å². The lowest BCUT2D eigenvalue weighted by atomic mass is 9.99. The number of nitrogens with one attached hydrogen (secondary N) is 2. The first-order valence-electron chi connectivity index (χ1n) is 5.40. The number of thioether (sulfide) groups is 1. The minimum atomic E-state index is 0.00379.